The Bertz CT molecular complexity index is 338. The minimum Gasteiger partial charge on any atom is -0.481 e. The average Bonchev–Trinajstić information content (AvgIpc) is 2.13. The summed E-state index contributed by atoms with van der Waals surface area (Å²) in [6, 6.07) is 0. The SMILES string of the molecule is C=C(CC(F)(F)C(F)(F)CCC(=O)O)C(=O)O. The molecule has 0 radical (unpaired) electrons. The summed E-state index contributed by atoms with van der Waals surface area (Å²) in [4.78, 5) is 20.2. The molecule has 0 saturated heterocycles. The normalized spacial score (nSPS) is 12.2. The predicted octanol–water partition coefficient (Wildman–Crippen LogP) is 2.15. The number of hydrogen-bond acceptors (Lipinski definition) is 2. The van der Waals surface area contributed by atoms with E-state index in [0.717, 1.165) is 0 Å². The summed E-state index contributed by atoms with van der Waals surface area (Å²) in [7, 11) is 0. The molecule has 0 aromatic carbocycles. The highest BCUT2D eigenvalue weighted by atomic mass is 19.3. The van der Waals surface area contributed by atoms with Crippen LogP contribution in [0.15, 0.2) is 12.2 Å². The standard InChI is InChI=1S/C9H10F4O4/c1-5(7(16)17)4-9(12,13)8(10,11)3-2-6(14)15/h1-4H2,(H,14,15)(H,16,17). The van der Waals surface area contributed by atoms with Gasteiger partial charge in [0.1, 0.15) is 0 Å². The molecule has 0 aliphatic heterocycles. The van der Waals surface area contributed by atoms with Gasteiger partial charge in [0.05, 0.1) is 6.42 Å². The first kappa shape index (κ1) is 15.4. The van der Waals surface area contributed by atoms with E-state index in [1.807, 2.05) is 0 Å². The van der Waals surface area contributed by atoms with E-state index in [4.69, 9.17) is 10.2 Å². The van der Waals surface area contributed by atoms with Crippen LogP contribution in [0.1, 0.15) is 19.3 Å². The molecule has 0 aliphatic rings. The zero-order valence-electron chi connectivity index (χ0n) is 8.55. The van der Waals surface area contributed by atoms with Crippen LogP contribution < -0.4 is 0 Å². The molecule has 0 atom stereocenters. The molecule has 2 N–H and O–H groups in total. The minimum absolute atomic E-state index is 1.06. The third kappa shape index (κ3) is 4.41. The van der Waals surface area contributed by atoms with E-state index in [1.54, 1.807) is 0 Å². The number of hydrogen-bond donors (Lipinski definition) is 2. The lowest BCUT2D eigenvalue weighted by atomic mass is 9.99. The maximum atomic E-state index is 13.0. The highest BCUT2D eigenvalue weighted by Crippen LogP contribution is 2.41. The summed E-state index contributed by atoms with van der Waals surface area (Å²) >= 11 is 0. The molecule has 0 unspecified atom stereocenters. The molecule has 4 nitrogen and oxygen atoms in total. The number of rotatable bonds is 7. The van der Waals surface area contributed by atoms with Crippen molar-refractivity contribution in [2.24, 2.45) is 0 Å². The Morgan fingerprint density at radius 1 is 1.06 bits per heavy atom. The first-order valence-electron chi connectivity index (χ1n) is 4.38. The van der Waals surface area contributed by atoms with Crippen LogP contribution in [0.3, 0.4) is 0 Å². The van der Waals surface area contributed by atoms with Crippen LogP contribution in [-0.2, 0) is 9.59 Å². The lowest BCUT2D eigenvalue weighted by Gasteiger charge is -2.26. The Balaban J connectivity index is 4.71. The molecule has 17 heavy (non-hydrogen) atoms. The van der Waals surface area contributed by atoms with E-state index in [9.17, 15) is 27.2 Å². The second-order valence-corrected chi connectivity index (χ2v) is 3.39. The van der Waals surface area contributed by atoms with Gasteiger partial charge in [0.15, 0.2) is 0 Å². The molecule has 0 aromatic rings. The van der Waals surface area contributed by atoms with E-state index in [-0.39, 0.29) is 0 Å². The van der Waals surface area contributed by atoms with Crippen molar-refractivity contribution >= 4 is 11.9 Å². The van der Waals surface area contributed by atoms with Crippen molar-refractivity contribution in [3.63, 3.8) is 0 Å². The molecule has 0 bridgehead atoms. The van der Waals surface area contributed by atoms with Crippen LogP contribution >= 0.6 is 0 Å². The highest BCUT2D eigenvalue weighted by molar-refractivity contribution is 5.85. The summed E-state index contributed by atoms with van der Waals surface area (Å²) in [5.74, 6) is -12.7. The summed E-state index contributed by atoms with van der Waals surface area (Å²) < 4.78 is 51.9. The number of carboxylic acids is 2. The Labute approximate surface area is 93.5 Å². The Hall–Kier alpha value is -1.60. The van der Waals surface area contributed by atoms with Crippen molar-refractivity contribution in [3.8, 4) is 0 Å². The van der Waals surface area contributed by atoms with Crippen molar-refractivity contribution in [1.29, 1.82) is 0 Å². The second kappa shape index (κ2) is 5.15. The molecule has 0 rings (SSSR count). The van der Waals surface area contributed by atoms with E-state index in [0.29, 0.717) is 0 Å². The largest absolute Gasteiger partial charge is 0.481 e. The lowest BCUT2D eigenvalue weighted by molar-refractivity contribution is -0.212. The van der Waals surface area contributed by atoms with Gasteiger partial charge in [-0.2, -0.15) is 17.6 Å². The summed E-state index contributed by atoms with van der Waals surface area (Å²) in [6.07, 6.45) is -4.43. The predicted molar refractivity (Wildman–Crippen MR) is 48.2 cm³/mol. The maximum Gasteiger partial charge on any atom is 0.331 e. The fourth-order valence-corrected chi connectivity index (χ4v) is 0.920. The minimum atomic E-state index is -4.64. The number of alkyl halides is 4. The van der Waals surface area contributed by atoms with E-state index in [1.165, 1.54) is 0 Å². The molecule has 0 fully saturated rings. The van der Waals surface area contributed by atoms with Crippen molar-refractivity contribution in [2.45, 2.75) is 31.1 Å². The average molecular weight is 258 g/mol. The zero-order chi connectivity index (χ0) is 13.9. The quantitative estimate of drug-likeness (QED) is 0.542. The fraction of sp³-hybridized carbons (Fsp3) is 0.556. The molecule has 0 aromatic heterocycles. The van der Waals surface area contributed by atoms with Gasteiger partial charge in [-0.1, -0.05) is 6.58 Å². The molecule has 0 amide bonds. The van der Waals surface area contributed by atoms with Crippen molar-refractivity contribution in [3.05, 3.63) is 12.2 Å². The summed E-state index contributed by atoms with van der Waals surface area (Å²) in [5.41, 5.74) is -1.06. The number of carboxylic acid groups (broad SMARTS) is 2. The number of halogens is 4. The van der Waals surface area contributed by atoms with Crippen LogP contribution in [0.25, 0.3) is 0 Å². The van der Waals surface area contributed by atoms with Gasteiger partial charge in [0, 0.05) is 18.4 Å². The number of aliphatic carboxylic acids is 2. The van der Waals surface area contributed by atoms with E-state index >= 15 is 0 Å². The van der Waals surface area contributed by atoms with Gasteiger partial charge in [0.25, 0.3) is 0 Å². The van der Waals surface area contributed by atoms with Gasteiger partial charge in [-0.05, 0) is 0 Å². The third-order valence-corrected chi connectivity index (χ3v) is 1.93. The monoisotopic (exact) mass is 258 g/mol. The Morgan fingerprint density at radius 3 is 1.88 bits per heavy atom. The van der Waals surface area contributed by atoms with Crippen molar-refractivity contribution in [2.75, 3.05) is 0 Å². The Kier molecular flexibility index (Phi) is 4.67. The van der Waals surface area contributed by atoms with Crippen LogP contribution in [-0.4, -0.2) is 34.0 Å². The molecule has 8 heteroatoms. The maximum absolute atomic E-state index is 13.0. The number of carbonyl (C=O) groups is 2. The van der Waals surface area contributed by atoms with Crippen LogP contribution in [0.5, 0.6) is 0 Å². The van der Waals surface area contributed by atoms with Crippen molar-refractivity contribution < 1.29 is 37.4 Å². The lowest BCUT2D eigenvalue weighted by Crippen LogP contribution is -2.41. The smallest absolute Gasteiger partial charge is 0.331 e. The van der Waals surface area contributed by atoms with Gasteiger partial charge in [-0.25, -0.2) is 4.79 Å². The van der Waals surface area contributed by atoms with Crippen molar-refractivity contribution in [1.82, 2.24) is 0 Å². The highest BCUT2D eigenvalue weighted by Gasteiger charge is 2.56. The third-order valence-electron chi connectivity index (χ3n) is 1.93. The molecular weight excluding hydrogens is 248 g/mol. The molecule has 0 aliphatic carbocycles. The molecule has 0 spiro atoms. The topological polar surface area (TPSA) is 74.6 Å². The summed E-state index contributed by atoms with van der Waals surface area (Å²) in [6.45, 7) is 2.72. The zero-order valence-corrected chi connectivity index (χ0v) is 8.55. The molecule has 98 valence electrons. The fourth-order valence-electron chi connectivity index (χ4n) is 0.920. The first-order valence-corrected chi connectivity index (χ1v) is 4.38. The van der Waals surface area contributed by atoms with Gasteiger partial charge < -0.3 is 10.2 Å². The molecular formula is C9H10F4O4. The van der Waals surface area contributed by atoms with Gasteiger partial charge in [-0.15, -0.1) is 0 Å². The van der Waals surface area contributed by atoms with Crippen LogP contribution in [0, 0.1) is 0 Å². The van der Waals surface area contributed by atoms with Gasteiger partial charge in [-0.3, -0.25) is 4.79 Å². The second-order valence-electron chi connectivity index (χ2n) is 3.39. The van der Waals surface area contributed by atoms with Crippen LogP contribution in [0.2, 0.25) is 0 Å². The van der Waals surface area contributed by atoms with Gasteiger partial charge >= 0.3 is 23.8 Å². The molecule has 0 heterocycles. The van der Waals surface area contributed by atoms with E-state index < -0.39 is 48.6 Å². The van der Waals surface area contributed by atoms with Gasteiger partial charge in [0.2, 0.25) is 0 Å². The van der Waals surface area contributed by atoms with E-state index in [2.05, 4.69) is 6.58 Å². The first-order chi connectivity index (χ1) is 7.49. The summed E-state index contributed by atoms with van der Waals surface area (Å²) in [5, 5.41) is 16.4. The Morgan fingerprint density at radius 2 is 1.53 bits per heavy atom. The van der Waals surface area contributed by atoms with Crippen LogP contribution in [0.4, 0.5) is 17.6 Å². The molecule has 0 saturated carbocycles.